The quantitative estimate of drug-likeness (QED) is 0.213. The van der Waals surface area contributed by atoms with E-state index in [-0.39, 0.29) is 38.3 Å². The van der Waals surface area contributed by atoms with E-state index in [1.54, 1.807) is 74.5 Å². The van der Waals surface area contributed by atoms with Crippen molar-refractivity contribution in [2.75, 3.05) is 62.4 Å². The molecule has 0 bridgehead atoms. The highest BCUT2D eigenvalue weighted by molar-refractivity contribution is 6.09. The molecule has 2 saturated heterocycles. The third-order valence-electron chi connectivity index (χ3n) is 17.2. The third-order valence-corrected chi connectivity index (χ3v) is 17.2. The maximum absolute atomic E-state index is 15.1. The number of hydrogen-bond acceptors (Lipinski definition) is 13. The fraction of sp³-hybridized carbons (Fsp3) is 0.619. The third kappa shape index (κ3) is 18.1. The van der Waals surface area contributed by atoms with Gasteiger partial charge in [-0.3, -0.25) is 57.5 Å². The summed E-state index contributed by atoms with van der Waals surface area (Å²) in [5.41, 5.74) is 1.29. The first kappa shape index (κ1) is 72.5. The Morgan fingerprint density at radius 1 is 0.466 bits per heavy atom. The molecule has 0 aliphatic carbocycles. The minimum absolute atomic E-state index is 0.0225. The summed E-state index contributed by atoms with van der Waals surface area (Å²) in [4.78, 5) is 184. The number of rotatable bonds is 9. The van der Waals surface area contributed by atoms with Crippen LogP contribution in [0.5, 0.6) is 0 Å². The molecule has 2 aliphatic heterocycles. The zero-order valence-electron chi connectivity index (χ0n) is 54.4. The molecule has 2 fully saturated rings. The summed E-state index contributed by atoms with van der Waals surface area (Å²) in [5.74, 6) is -10.3. The lowest BCUT2D eigenvalue weighted by Crippen LogP contribution is -2.63. The largest absolute Gasteiger partial charge is 0.391 e. The number of nitrogens with one attached hydrogen (secondary N) is 4. The van der Waals surface area contributed by atoms with Gasteiger partial charge in [0.1, 0.15) is 60.4 Å². The normalized spacial score (nSPS) is 27.4. The van der Waals surface area contributed by atoms with Gasteiger partial charge in [-0.1, -0.05) is 88.4 Å². The van der Waals surface area contributed by atoms with E-state index in [0.717, 1.165) is 21.1 Å². The van der Waals surface area contributed by atoms with Crippen LogP contribution in [0, 0.1) is 11.8 Å². The Labute approximate surface area is 518 Å². The SMILES string of the molecule is CC(C)C[C@H]1C(=O)N(C)[C@@H](C(C)C)C(=O)N(C)[C@@H](C)C(=O)N[C@@H](Cc2ccccc2)C(=O)N(C)[C@@H](C)C(=O)NC(C(=O)N2CCCCC2)C(=O)N(C)[C@@H](C)C(=O)N[C@@H](C(C)O)C(=O)N(C)[C@@H](C)C(=O)N[C@@H](C)C(=O)N(C)[C@@H](Cc2ccccc2)C(=O)N1C. The lowest BCUT2D eigenvalue weighted by molar-refractivity contribution is -0.155. The fourth-order valence-corrected chi connectivity index (χ4v) is 10.7. The molecule has 5 N–H and O–H groups in total. The van der Waals surface area contributed by atoms with Crippen molar-refractivity contribution in [3.63, 3.8) is 0 Å². The number of amides is 12. The van der Waals surface area contributed by atoms with Crippen LogP contribution in [0.3, 0.4) is 0 Å². The number of piperidine rings is 1. The smallest absolute Gasteiger partial charge is 0.255 e. The summed E-state index contributed by atoms with van der Waals surface area (Å²) in [5, 5.41) is 21.4. The second-order valence-electron chi connectivity index (χ2n) is 24.4. The van der Waals surface area contributed by atoms with Crippen LogP contribution in [-0.4, -0.2) is 250 Å². The summed E-state index contributed by atoms with van der Waals surface area (Å²) >= 11 is 0. The summed E-state index contributed by atoms with van der Waals surface area (Å²) in [6, 6.07) is 2.20. The van der Waals surface area contributed by atoms with Gasteiger partial charge in [0.05, 0.1) is 6.10 Å². The minimum atomic E-state index is -1.92. The number of likely N-dealkylation sites (N-methyl/N-ethyl adjacent to an activating group) is 7. The van der Waals surface area contributed by atoms with E-state index in [0.29, 0.717) is 24.0 Å². The molecular weight excluding hydrogens is 1130 g/mol. The Hall–Kier alpha value is -7.96. The van der Waals surface area contributed by atoms with Crippen LogP contribution in [0.25, 0.3) is 0 Å². The monoisotopic (exact) mass is 1230 g/mol. The lowest BCUT2D eigenvalue weighted by Gasteiger charge is -2.40. The van der Waals surface area contributed by atoms with E-state index in [1.807, 2.05) is 13.8 Å². The van der Waals surface area contributed by atoms with Gasteiger partial charge in [0.25, 0.3) is 11.8 Å². The summed E-state index contributed by atoms with van der Waals surface area (Å²) in [7, 11) is 9.46. The molecule has 25 heteroatoms. The second-order valence-corrected chi connectivity index (χ2v) is 24.4. The number of likely N-dealkylation sites (tertiary alicyclic amines) is 1. The molecule has 12 atom stereocenters. The van der Waals surface area contributed by atoms with Crippen molar-refractivity contribution in [2.24, 2.45) is 11.8 Å². The molecule has 4 rings (SSSR count). The maximum atomic E-state index is 15.1. The van der Waals surface area contributed by atoms with E-state index >= 15 is 9.59 Å². The van der Waals surface area contributed by atoms with E-state index in [9.17, 15) is 53.1 Å². The van der Waals surface area contributed by atoms with Gasteiger partial charge in [-0.25, -0.2) is 0 Å². The first-order chi connectivity index (χ1) is 41.2. The standard InChI is InChI=1S/C63H96N12O13/c1-36(2)33-47-59(84)74(17)51(37(3)4)63(88)71(14)40(7)53(78)65-46(34-44-27-21-18-22-28-44)57(82)68(11)41(8)55(80)67-50(62(87)75-31-25-20-26-32-75)61(86)70(13)42(9)54(79)66-49(43(10)76)60(85)69(12)39(6)52(77)64-38(5)56(81)72(15)48(58(83)73(47)16)35-45-29-23-19-24-30-45/h18-19,21-24,27-30,36-43,46-51,76H,20,25-26,31-35H2,1-17H3,(H,64,77)(H,65,78)(H,66,79)(H,67,80)/t38-,39-,40-,41-,42-,43?,46-,47-,48-,49-,50?,51-/m0/s1. The summed E-state index contributed by atoms with van der Waals surface area (Å²) in [6.45, 7) is 15.8. The molecule has 0 radical (unpaired) electrons. The van der Waals surface area contributed by atoms with Crippen molar-refractivity contribution < 1.29 is 62.6 Å². The fourth-order valence-electron chi connectivity index (χ4n) is 10.7. The number of aliphatic hydroxyl groups is 1. The number of carbonyl (C=O) groups is 12. The van der Waals surface area contributed by atoms with E-state index < -0.39 is 149 Å². The van der Waals surface area contributed by atoms with Gasteiger partial charge >= 0.3 is 0 Å². The van der Waals surface area contributed by atoms with Crippen molar-refractivity contribution in [1.29, 1.82) is 0 Å². The van der Waals surface area contributed by atoms with Crippen molar-refractivity contribution in [3.05, 3.63) is 71.8 Å². The van der Waals surface area contributed by atoms with Gasteiger partial charge in [0, 0.05) is 75.3 Å². The van der Waals surface area contributed by atoms with Crippen molar-refractivity contribution in [2.45, 2.75) is 180 Å². The van der Waals surface area contributed by atoms with Crippen LogP contribution in [0.1, 0.15) is 106 Å². The molecule has 2 heterocycles. The molecule has 2 unspecified atom stereocenters. The van der Waals surface area contributed by atoms with Gasteiger partial charge in [0.2, 0.25) is 59.1 Å². The molecule has 2 aliphatic rings. The number of aliphatic hydroxyl groups excluding tert-OH is 1. The molecule has 0 spiro atoms. The molecular formula is C63H96N12O13. The molecule has 88 heavy (non-hydrogen) atoms. The van der Waals surface area contributed by atoms with Crippen LogP contribution in [0.15, 0.2) is 60.7 Å². The van der Waals surface area contributed by atoms with Gasteiger partial charge in [-0.2, -0.15) is 0 Å². The molecule has 12 amide bonds. The van der Waals surface area contributed by atoms with Crippen LogP contribution < -0.4 is 21.3 Å². The Bertz CT molecular complexity index is 2820. The molecule has 2 aromatic rings. The van der Waals surface area contributed by atoms with Crippen molar-refractivity contribution in [3.8, 4) is 0 Å². The molecule has 25 nitrogen and oxygen atoms in total. The second kappa shape index (κ2) is 32.3. The summed E-state index contributed by atoms with van der Waals surface area (Å²) < 4.78 is 0. The van der Waals surface area contributed by atoms with Crippen LogP contribution >= 0.6 is 0 Å². The van der Waals surface area contributed by atoms with Gasteiger partial charge in [-0.05, 0) is 90.2 Å². The number of carbonyl (C=O) groups excluding carboxylic acids is 12. The number of hydrogen-bond donors (Lipinski definition) is 5. The van der Waals surface area contributed by atoms with E-state index in [4.69, 9.17) is 0 Å². The molecule has 486 valence electrons. The van der Waals surface area contributed by atoms with Gasteiger partial charge in [-0.15, -0.1) is 0 Å². The Morgan fingerprint density at radius 2 is 0.886 bits per heavy atom. The zero-order chi connectivity index (χ0) is 66.3. The zero-order valence-corrected chi connectivity index (χ0v) is 54.4. The predicted molar refractivity (Wildman–Crippen MR) is 329 cm³/mol. The molecule has 0 aromatic heterocycles. The van der Waals surface area contributed by atoms with Crippen molar-refractivity contribution in [1.82, 2.24) is 60.5 Å². The van der Waals surface area contributed by atoms with E-state index in [2.05, 4.69) is 21.3 Å². The highest BCUT2D eigenvalue weighted by Crippen LogP contribution is 2.23. The highest BCUT2D eigenvalue weighted by atomic mass is 16.3. The topological polar surface area (TPSA) is 299 Å². The highest BCUT2D eigenvalue weighted by Gasteiger charge is 2.44. The minimum Gasteiger partial charge on any atom is -0.391 e. The maximum Gasteiger partial charge on any atom is 0.255 e. The Morgan fingerprint density at radius 3 is 1.38 bits per heavy atom. The molecule has 2 aromatic carbocycles. The Balaban J connectivity index is 1.87. The first-order valence-corrected chi connectivity index (χ1v) is 30.3. The summed E-state index contributed by atoms with van der Waals surface area (Å²) in [6.07, 6.45) is 0.489. The Kier molecular flexibility index (Phi) is 26.6. The average Bonchev–Trinajstić information content (AvgIpc) is 1.42. The van der Waals surface area contributed by atoms with Crippen LogP contribution in [-0.2, 0) is 70.4 Å². The number of benzene rings is 2. The van der Waals surface area contributed by atoms with Crippen LogP contribution in [0.2, 0.25) is 0 Å². The van der Waals surface area contributed by atoms with Crippen LogP contribution in [0.4, 0.5) is 0 Å². The van der Waals surface area contributed by atoms with Gasteiger partial charge in [0.15, 0.2) is 6.04 Å². The van der Waals surface area contributed by atoms with E-state index in [1.165, 1.54) is 115 Å². The molecule has 0 saturated carbocycles. The average molecular weight is 1230 g/mol. The first-order valence-electron chi connectivity index (χ1n) is 30.3. The predicted octanol–water partition coefficient (Wildman–Crippen LogP) is 0.408. The van der Waals surface area contributed by atoms with Gasteiger partial charge < -0.3 is 65.6 Å². The lowest BCUT2D eigenvalue weighted by atomic mass is 9.96. The van der Waals surface area contributed by atoms with Crippen molar-refractivity contribution >= 4 is 70.9 Å². The number of nitrogens with zero attached hydrogens (tertiary/aromatic N) is 8.